The summed E-state index contributed by atoms with van der Waals surface area (Å²) < 4.78 is 64.3. The molecule has 0 amide bonds. The Hall–Kier alpha value is -3.80. The summed E-state index contributed by atoms with van der Waals surface area (Å²) in [4.78, 5) is 0. The Morgan fingerprint density at radius 3 is 1.42 bits per heavy atom. The summed E-state index contributed by atoms with van der Waals surface area (Å²) in [5.74, 6) is 1.41. The van der Waals surface area contributed by atoms with Crippen molar-refractivity contribution >= 4 is 20.0 Å². The topological polar surface area (TPSA) is 192 Å². The van der Waals surface area contributed by atoms with E-state index in [1.165, 1.54) is 21.1 Å². The van der Waals surface area contributed by atoms with Gasteiger partial charge >= 0.3 is 0 Å². The monoisotopic (exact) mass is 702 g/mol. The van der Waals surface area contributed by atoms with Gasteiger partial charge < -0.3 is 19.7 Å². The van der Waals surface area contributed by atoms with E-state index in [-0.39, 0.29) is 36.4 Å². The van der Waals surface area contributed by atoms with Crippen LogP contribution >= 0.6 is 0 Å². The molecule has 16 heteroatoms. The standard InChI is InChI=1S/C24H29N3O5S.C8H13N3O3S/c1-31-21-8-4-19(5-9-21)16-26(17-20-6-10-22(32-2)11-7-20)33(29,30)23-12-15-27(25-23)24(18-28)13-3-14-24;9-15(13,14)7-2-5-11(10-7)8(6-12)3-1-4-8/h4-12,15,28H,3,13-14,16-18H2,1-2H3;2,5,12H,1,3-4,6H2,(H2,9,13,14). The van der Waals surface area contributed by atoms with Crippen LogP contribution in [-0.4, -0.2) is 78.3 Å². The van der Waals surface area contributed by atoms with Gasteiger partial charge in [0, 0.05) is 25.5 Å². The van der Waals surface area contributed by atoms with E-state index in [1.807, 2.05) is 48.5 Å². The van der Waals surface area contributed by atoms with Crippen LogP contribution in [0.2, 0.25) is 0 Å². The van der Waals surface area contributed by atoms with Crippen LogP contribution in [0, 0.1) is 0 Å². The van der Waals surface area contributed by atoms with Crippen LogP contribution < -0.4 is 14.6 Å². The van der Waals surface area contributed by atoms with Crippen LogP contribution in [-0.2, 0) is 44.2 Å². The molecule has 2 saturated carbocycles. The SMILES string of the molecule is COc1ccc(CN(Cc2ccc(OC)cc2)S(=O)(=O)c2ccn(C3(CO)CCC3)n2)cc1.NS(=O)(=O)c1ccn(C2(CO)CCC2)n1. The van der Waals surface area contributed by atoms with E-state index in [2.05, 4.69) is 10.2 Å². The van der Waals surface area contributed by atoms with Crippen molar-refractivity contribution in [1.82, 2.24) is 23.9 Å². The van der Waals surface area contributed by atoms with Crippen LogP contribution in [0.5, 0.6) is 11.5 Å². The fraction of sp³-hybridized carbons (Fsp3) is 0.438. The molecule has 260 valence electrons. The zero-order valence-corrected chi connectivity index (χ0v) is 28.6. The minimum Gasteiger partial charge on any atom is -0.497 e. The summed E-state index contributed by atoms with van der Waals surface area (Å²) in [6.07, 6.45) is 8.41. The predicted molar refractivity (Wildman–Crippen MR) is 176 cm³/mol. The number of hydrogen-bond donors (Lipinski definition) is 3. The van der Waals surface area contributed by atoms with E-state index in [4.69, 9.17) is 14.6 Å². The van der Waals surface area contributed by atoms with Gasteiger partial charge in [0.05, 0.1) is 38.5 Å². The van der Waals surface area contributed by atoms with E-state index in [0.29, 0.717) is 11.5 Å². The maximum Gasteiger partial charge on any atom is 0.262 e. The Morgan fingerprint density at radius 1 is 0.708 bits per heavy atom. The maximum absolute atomic E-state index is 13.7. The molecule has 2 aromatic heterocycles. The minimum atomic E-state index is -3.90. The Labute approximate surface area is 280 Å². The number of primary sulfonamides is 1. The number of aliphatic hydroxyl groups excluding tert-OH is 2. The van der Waals surface area contributed by atoms with E-state index < -0.39 is 31.1 Å². The number of hydrogen-bond acceptors (Lipinski definition) is 10. The number of nitrogens with zero attached hydrogens (tertiary/aromatic N) is 5. The fourth-order valence-electron chi connectivity index (χ4n) is 5.75. The highest BCUT2D eigenvalue weighted by Crippen LogP contribution is 2.39. The van der Waals surface area contributed by atoms with Gasteiger partial charge in [0.15, 0.2) is 10.1 Å². The molecule has 0 radical (unpaired) electrons. The average Bonchev–Trinajstić information content (AvgIpc) is 3.74. The van der Waals surface area contributed by atoms with Crippen molar-refractivity contribution in [3.05, 3.63) is 84.2 Å². The van der Waals surface area contributed by atoms with E-state index >= 15 is 0 Å². The molecule has 14 nitrogen and oxygen atoms in total. The van der Waals surface area contributed by atoms with E-state index in [1.54, 1.807) is 31.3 Å². The normalized spacial score (nSPS) is 16.7. The highest BCUT2D eigenvalue weighted by Gasteiger charge is 2.41. The third kappa shape index (κ3) is 7.43. The number of ether oxygens (including phenoxy) is 2. The zero-order chi connectivity index (χ0) is 34.6. The number of aromatic nitrogens is 4. The fourth-order valence-corrected chi connectivity index (χ4v) is 7.53. The zero-order valence-electron chi connectivity index (χ0n) is 27.0. The van der Waals surface area contributed by atoms with Crippen LogP contribution in [0.25, 0.3) is 0 Å². The number of benzene rings is 2. The first-order valence-corrected chi connectivity index (χ1v) is 18.5. The molecule has 0 unspecified atom stereocenters. The second-order valence-corrected chi connectivity index (χ2v) is 15.6. The summed E-state index contributed by atoms with van der Waals surface area (Å²) in [5.41, 5.74) is 0.754. The van der Waals surface area contributed by atoms with Gasteiger partial charge in [-0.2, -0.15) is 14.5 Å². The van der Waals surface area contributed by atoms with Gasteiger partial charge in [-0.1, -0.05) is 24.3 Å². The lowest BCUT2D eigenvalue weighted by Crippen LogP contribution is -2.44. The van der Waals surface area contributed by atoms with Crippen molar-refractivity contribution in [3.63, 3.8) is 0 Å². The minimum absolute atomic E-state index is 0.0238. The van der Waals surface area contributed by atoms with Crippen LogP contribution in [0.3, 0.4) is 0 Å². The van der Waals surface area contributed by atoms with Crippen molar-refractivity contribution in [2.24, 2.45) is 5.14 Å². The molecule has 0 aliphatic heterocycles. The van der Waals surface area contributed by atoms with E-state index in [9.17, 15) is 27.0 Å². The Morgan fingerprint density at radius 2 is 1.10 bits per heavy atom. The second kappa shape index (κ2) is 14.4. The third-order valence-electron chi connectivity index (χ3n) is 9.19. The molecule has 0 bridgehead atoms. The van der Waals surface area contributed by atoms with Gasteiger partial charge in [0.25, 0.3) is 20.0 Å². The van der Waals surface area contributed by atoms with Crippen LogP contribution in [0.4, 0.5) is 0 Å². The maximum atomic E-state index is 13.7. The van der Waals surface area contributed by atoms with Gasteiger partial charge in [-0.05, 0) is 86.1 Å². The summed E-state index contributed by atoms with van der Waals surface area (Å²) in [7, 11) is -4.47. The highest BCUT2D eigenvalue weighted by molar-refractivity contribution is 7.89. The molecule has 4 aromatic rings. The first-order valence-electron chi connectivity index (χ1n) is 15.5. The van der Waals surface area contributed by atoms with Crippen molar-refractivity contribution < 1.29 is 36.5 Å². The molecule has 48 heavy (non-hydrogen) atoms. The number of methoxy groups -OCH3 is 2. The summed E-state index contributed by atoms with van der Waals surface area (Å²) in [6, 6.07) is 17.5. The third-order valence-corrected chi connectivity index (χ3v) is 11.7. The first kappa shape index (κ1) is 35.5. The molecule has 2 fully saturated rings. The number of aliphatic hydroxyl groups is 2. The van der Waals surface area contributed by atoms with Gasteiger partial charge in [-0.3, -0.25) is 9.36 Å². The summed E-state index contributed by atoms with van der Waals surface area (Å²) >= 11 is 0. The Kier molecular flexibility index (Phi) is 10.6. The van der Waals surface area contributed by atoms with Crippen molar-refractivity contribution in [3.8, 4) is 11.5 Å². The van der Waals surface area contributed by atoms with Crippen molar-refractivity contribution in [1.29, 1.82) is 0 Å². The molecule has 6 rings (SSSR count). The molecule has 4 N–H and O–H groups in total. The van der Waals surface area contributed by atoms with E-state index in [0.717, 1.165) is 49.7 Å². The summed E-state index contributed by atoms with van der Waals surface area (Å²) in [5, 5.41) is 32.2. The van der Waals surface area contributed by atoms with Gasteiger partial charge in [0.2, 0.25) is 0 Å². The molecule has 0 atom stereocenters. The van der Waals surface area contributed by atoms with Crippen molar-refractivity contribution in [2.45, 2.75) is 72.7 Å². The highest BCUT2D eigenvalue weighted by atomic mass is 32.2. The molecule has 2 aliphatic rings. The molecule has 2 aliphatic carbocycles. The molecule has 2 aromatic carbocycles. The second-order valence-electron chi connectivity index (χ2n) is 12.2. The molecule has 0 saturated heterocycles. The number of nitrogens with two attached hydrogens (primary N) is 1. The average molecular weight is 703 g/mol. The van der Waals surface area contributed by atoms with Gasteiger partial charge in [-0.25, -0.2) is 22.0 Å². The predicted octanol–water partition coefficient (Wildman–Crippen LogP) is 2.56. The number of rotatable bonds is 13. The van der Waals surface area contributed by atoms with Crippen LogP contribution in [0.15, 0.2) is 83.1 Å². The molecular formula is C32H42N6O8S2. The quantitative estimate of drug-likeness (QED) is 0.187. The summed E-state index contributed by atoms with van der Waals surface area (Å²) in [6.45, 7) is 0.265. The molecule has 2 heterocycles. The first-order chi connectivity index (χ1) is 22.9. The lowest BCUT2D eigenvalue weighted by Gasteiger charge is -2.40. The Balaban J connectivity index is 0.000000250. The molecule has 0 spiro atoms. The largest absolute Gasteiger partial charge is 0.497 e. The van der Waals surface area contributed by atoms with Crippen LogP contribution in [0.1, 0.15) is 49.7 Å². The smallest absolute Gasteiger partial charge is 0.262 e. The Bertz CT molecular complexity index is 1820. The van der Waals surface area contributed by atoms with Crippen molar-refractivity contribution in [2.75, 3.05) is 27.4 Å². The lowest BCUT2D eigenvalue weighted by atomic mass is 9.77. The van der Waals surface area contributed by atoms with Gasteiger partial charge in [-0.15, -0.1) is 0 Å². The number of sulfonamides is 2. The lowest BCUT2D eigenvalue weighted by molar-refractivity contribution is 0.0427. The molecular weight excluding hydrogens is 661 g/mol. The van der Waals surface area contributed by atoms with Gasteiger partial charge in [0.1, 0.15) is 11.5 Å².